The van der Waals surface area contributed by atoms with E-state index >= 15 is 0 Å². The van der Waals surface area contributed by atoms with Gasteiger partial charge in [-0.2, -0.15) is 0 Å². The number of halogens is 1. The highest BCUT2D eigenvalue weighted by Crippen LogP contribution is 2.26. The quantitative estimate of drug-likeness (QED) is 0.666. The normalized spacial score (nSPS) is 11.2. The Labute approximate surface area is 110 Å². The summed E-state index contributed by atoms with van der Waals surface area (Å²) in [6, 6.07) is 8.68. The van der Waals surface area contributed by atoms with Crippen molar-refractivity contribution >= 4 is 5.78 Å². The second kappa shape index (κ2) is 4.16. The zero-order valence-corrected chi connectivity index (χ0v) is 11.1. The lowest BCUT2D eigenvalue weighted by molar-refractivity contribution is 0.630. The Hall–Kier alpha value is -2.23. The highest BCUT2D eigenvalue weighted by Gasteiger charge is 2.15. The van der Waals surface area contributed by atoms with E-state index in [2.05, 4.69) is 9.97 Å². The molecule has 19 heavy (non-hydrogen) atoms. The molecule has 0 aliphatic rings. The van der Waals surface area contributed by atoms with Gasteiger partial charge in [-0.05, 0) is 39.0 Å². The molecule has 3 rings (SSSR count). The third kappa shape index (κ3) is 1.80. The van der Waals surface area contributed by atoms with Crippen LogP contribution in [0.15, 0.2) is 30.3 Å². The van der Waals surface area contributed by atoms with Gasteiger partial charge in [0.2, 0.25) is 5.78 Å². The van der Waals surface area contributed by atoms with Crippen LogP contribution in [0.5, 0.6) is 0 Å². The van der Waals surface area contributed by atoms with Gasteiger partial charge in [0.15, 0.2) is 0 Å². The van der Waals surface area contributed by atoms with Gasteiger partial charge in [0.1, 0.15) is 5.82 Å². The van der Waals surface area contributed by atoms with Crippen LogP contribution in [0.2, 0.25) is 0 Å². The fourth-order valence-corrected chi connectivity index (χ4v) is 2.45. The predicted octanol–water partition coefficient (Wildman–Crippen LogP) is 3.46. The molecule has 0 saturated heterocycles. The third-order valence-electron chi connectivity index (χ3n) is 3.27. The first-order valence-corrected chi connectivity index (χ1v) is 6.16. The molecule has 4 heteroatoms. The van der Waals surface area contributed by atoms with Crippen LogP contribution in [-0.4, -0.2) is 14.4 Å². The van der Waals surface area contributed by atoms with E-state index in [4.69, 9.17) is 0 Å². The van der Waals surface area contributed by atoms with Crippen molar-refractivity contribution in [3.05, 3.63) is 53.2 Å². The monoisotopic (exact) mass is 255 g/mol. The number of benzene rings is 1. The lowest BCUT2D eigenvalue weighted by atomic mass is 10.1. The number of rotatable bonds is 1. The molecule has 0 atom stereocenters. The molecule has 0 bridgehead atoms. The summed E-state index contributed by atoms with van der Waals surface area (Å²) >= 11 is 0. The molecule has 0 radical (unpaired) electrons. The second-order valence-electron chi connectivity index (χ2n) is 4.70. The van der Waals surface area contributed by atoms with Gasteiger partial charge in [-0.25, -0.2) is 14.4 Å². The molecule has 0 unspecified atom stereocenters. The Bertz CT molecular complexity index is 774. The fraction of sp³-hybridized carbons (Fsp3) is 0.200. The maximum atomic E-state index is 13.9. The fourth-order valence-electron chi connectivity index (χ4n) is 2.45. The lowest BCUT2D eigenvalue weighted by Gasteiger charge is -2.03. The van der Waals surface area contributed by atoms with E-state index in [0.29, 0.717) is 17.0 Å². The Morgan fingerprint density at radius 3 is 2.53 bits per heavy atom. The molecule has 0 aliphatic heterocycles. The van der Waals surface area contributed by atoms with Gasteiger partial charge in [0.25, 0.3) is 0 Å². The van der Waals surface area contributed by atoms with Gasteiger partial charge >= 0.3 is 0 Å². The van der Waals surface area contributed by atoms with E-state index in [1.807, 2.05) is 37.3 Å². The van der Waals surface area contributed by atoms with Crippen LogP contribution in [0, 0.1) is 26.6 Å². The third-order valence-corrected chi connectivity index (χ3v) is 3.27. The maximum absolute atomic E-state index is 13.9. The Morgan fingerprint density at radius 1 is 1.05 bits per heavy atom. The molecular formula is C15H14FN3. The highest BCUT2D eigenvalue weighted by atomic mass is 19.1. The zero-order valence-electron chi connectivity index (χ0n) is 11.1. The molecular weight excluding hydrogens is 241 g/mol. The molecule has 1 aromatic carbocycles. The molecule has 3 nitrogen and oxygen atoms in total. The number of hydrogen-bond acceptors (Lipinski definition) is 2. The molecule has 2 heterocycles. The second-order valence-corrected chi connectivity index (χ2v) is 4.70. The summed E-state index contributed by atoms with van der Waals surface area (Å²) < 4.78 is 15.8. The summed E-state index contributed by atoms with van der Waals surface area (Å²) in [5, 5.41) is 0. The van der Waals surface area contributed by atoms with Crippen LogP contribution < -0.4 is 0 Å². The molecule has 0 saturated carbocycles. The van der Waals surface area contributed by atoms with Crippen molar-refractivity contribution in [3.8, 4) is 11.3 Å². The molecule has 0 amide bonds. The van der Waals surface area contributed by atoms with Crippen LogP contribution in [0.1, 0.15) is 17.1 Å². The van der Waals surface area contributed by atoms with Crippen molar-refractivity contribution in [3.63, 3.8) is 0 Å². The number of imidazole rings is 1. The van der Waals surface area contributed by atoms with E-state index in [1.54, 1.807) is 12.1 Å². The first-order valence-electron chi connectivity index (χ1n) is 6.16. The number of aromatic nitrogens is 3. The standard InChI is InChI=1S/C15H14FN3/c1-9-8-10(2)19-11(3)14(18-15(19)17-9)12-6-4-5-7-13(12)16/h4-8H,1-3H3. The summed E-state index contributed by atoms with van der Waals surface area (Å²) in [5.74, 6) is 0.358. The summed E-state index contributed by atoms with van der Waals surface area (Å²) in [7, 11) is 0. The molecule has 0 aliphatic carbocycles. The minimum absolute atomic E-state index is 0.261. The average Bonchev–Trinajstić information content (AvgIpc) is 2.67. The molecule has 3 aromatic rings. The Morgan fingerprint density at radius 2 is 1.79 bits per heavy atom. The van der Waals surface area contributed by atoms with Crippen LogP contribution >= 0.6 is 0 Å². The lowest BCUT2D eigenvalue weighted by Crippen LogP contribution is -1.97. The van der Waals surface area contributed by atoms with Crippen LogP contribution in [0.4, 0.5) is 4.39 Å². The largest absolute Gasteiger partial charge is 0.285 e. The topological polar surface area (TPSA) is 30.2 Å². The van der Waals surface area contributed by atoms with Crippen LogP contribution in [0.25, 0.3) is 17.0 Å². The van der Waals surface area contributed by atoms with Gasteiger partial charge in [-0.1, -0.05) is 12.1 Å². The van der Waals surface area contributed by atoms with E-state index in [1.165, 1.54) is 6.07 Å². The van der Waals surface area contributed by atoms with Gasteiger partial charge in [0.05, 0.1) is 5.69 Å². The maximum Gasteiger partial charge on any atom is 0.234 e. The summed E-state index contributed by atoms with van der Waals surface area (Å²) in [6.07, 6.45) is 0. The average molecular weight is 255 g/mol. The van der Waals surface area contributed by atoms with Crippen molar-refractivity contribution in [2.75, 3.05) is 0 Å². The van der Waals surface area contributed by atoms with Gasteiger partial charge in [0, 0.05) is 22.6 Å². The minimum atomic E-state index is -0.261. The van der Waals surface area contributed by atoms with E-state index in [-0.39, 0.29) is 5.82 Å². The van der Waals surface area contributed by atoms with E-state index in [9.17, 15) is 4.39 Å². The number of aryl methyl sites for hydroxylation is 3. The van der Waals surface area contributed by atoms with E-state index in [0.717, 1.165) is 17.1 Å². The summed E-state index contributed by atoms with van der Waals surface area (Å²) in [4.78, 5) is 8.88. The van der Waals surface area contributed by atoms with Gasteiger partial charge in [-0.15, -0.1) is 0 Å². The zero-order chi connectivity index (χ0) is 13.6. The van der Waals surface area contributed by atoms with Crippen molar-refractivity contribution in [2.45, 2.75) is 20.8 Å². The summed E-state index contributed by atoms with van der Waals surface area (Å²) in [5.41, 5.74) is 4.04. The van der Waals surface area contributed by atoms with Crippen LogP contribution in [0.3, 0.4) is 0 Å². The molecule has 0 N–H and O–H groups in total. The summed E-state index contributed by atoms with van der Waals surface area (Å²) in [6.45, 7) is 5.87. The first-order chi connectivity index (χ1) is 9.08. The highest BCUT2D eigenvalue weighted by molar-refractivity contribution is 5.66. The smallest absolute Gasteiger partial charge is 0.234 e. The number of nitrogens with zero attached hydrogens (tertiary/aromatic N) is 3. The predicted molar refractivity (Wildman–Crippen MR) is 72.6 cm³/mol. The van der Waals surface area contributed by atoms with Gasteiger partial charge < -0.3 is 0 Å². The van der Waals surface area contributed by atoms with E-state index < -0.39 is 0 Å². The van der Waals surface area contributed by atoms with Crippen LogP contribution in [-0.2, 0) is 0 Å². The number of fused-ring (bicyclic) bond motifs is 1. The Balaban J connectivity index is 2.35. The van der Waals surface area contributed by atoms with Crippen molar-refractivity contribution in [1.82, 2.24) is 14.4 Å². The first kappa shape index (κ1) is 11.8. The molecule has 0 fully saturated rings. The van der Waals surface area contributed by atoms with Crippen molar-refractivity contribution < 1.29 is 4.39 Å². The Kier molecular flexibility index (Phi) is 2.59. The molecule has 96 valence electrons. The van der Waals surface area contributed by atoms with Crippen molar-refractivity contribution in [1.29, 1.82) is 0 Å². The number of hydrogen-bond donors (Lipinski definition) is 0. The molecule has 2 aromatic heterocycles. The minimum Gasteiger partial charge on any atom is -0.285 e. The SMILES string of the molecule is Cc1cc(C)n2c(C)c(-c3ccccc3F)nc2n1. The molecule has 0 spiro atoms. The van der Waals surface area contributed by atoms with Crippen molar-refractivity contribution in [2.24, 2.45) is 0 Å². The van der Waals surface area contributed by atoms with Gasteiger partial charge in [-0.3, -0.25) is 4.40 Å².